The van der Waals surface area contributed by atoms with E-state index in [1.807, 2.05) is 7.05 Å². The van der Waals surface area contributed by atoms with Crippen molar-refractivity contribution < 1.29 is 4.74 Å². The minimum Gasteiger partial charge on any atom is -0.374 e. The van der Waals surface area contributed by atoms with Crippen LogP contribution in [0.15, 0.2) is 0 Å². The first kappa shape index (κ1) is 12.6. The fourth-order valence-electron chi connectivity index (χ4n) is 1.52. The van der Waals surface area contributed by atoms with Gasteiger partial charge in [-0.3, -0.25) is 0 Å². The highest BCUT2D eigenvalue weighted by molar-refractivity contribution is 7.11. The third kappa shape index (κ3) is 3.26. The molecule has 0 fully saturated rings. The van der Waals surface area contributed by atoms with Gasteiger partial charge in [0.1, 0.15) is 11.1 Å². The molecule has 0 spiro atoms. The van der Waals surface area contributed by atoms with Crippen molar-refractivity contribution in [3.8, 4) is 0 Å². The van der Waals surface area contributed by atoms with Crippen molar-refractivity contribution >= 4 is 11.3 Å². The molecule has 0 aromatic carbocycles. The molecule has 0 radical (unpaired) electrons. The molecule has 0 aliphatic heterocycles. The summed E-state index contributed by atoms with van der Waals surface area (Å²) >= 11 is 1.76. The van der Waals surface area contributed by atoms with Crippen LogP contribution in [0.4, 0.5) is 0 Å². The minimum atomic E-state index is 0.171. The van der Waals surface area contributed by atoms with E-state index in [1.165, 1.54) is 4.88 Å². The van der Waals surface area contributed by atoms with Gasteiger partial charge in [-0.15, -0.1) is 11.3 Å². The number of ether oxygens (including phenoxy) is 1. The molecule has 0 amide bonds. The van der Waals surface area contributed by atoms with Gasteiger partial charge in [-0.25, -0.2) is 4.98 Å². The number of rotatable bonds is 6. The molecule has 1 unspecified atom stereocenters. The van der Waals surface area contributed by atoms with Gasteiger partial charge >= 0.3 is 0 Å². The second-order valence-electron chi connectivity index (χ2n) is 3.60. The average molecular weight is 228 g/mol. The first-order valence-corrected chi connectivity index (χ1v) is 6.18. The Labute approximate surface area is 95.9 Å². The van der Waals surface area contributed by atoms with Crippen molar-refractivity contribution in [1.29, 1.82) is 0 Å². The van der Waals surface area contributed by atoms with Crippen LogP contribution in [-0.2, 0) is 11.3 Å². The lowest BCUT2D eigenvalue weighted by atomic mass is 10.2. The van der Waals surface area contributed by atoms with Crippen LogP contribution in [0.1, 0.15) is 41.4 Å². The zero-order valence-corrected chi connectivity index (χ0v) is 10.8. The first-order chi connectivity index (χ1) is 7.22. The molecule has 4 heteroatoms. The summed E-state index contributed by atoms with van der Waals surface area (Å²) in [6.07, 6.45) is 2.34. The average Bonchev–Trinajstić information content (AvgIpc) is 2.57. The van der Waals surface area contributed by atoms with Crippen LogP contribution < -0.4 is 5.32 Å². The molecule has 15 heavy (non-hydrogen) atoms. The Hall–Kier alpha value is -0.450. The summed E-state index contributed by atoms with van der Waals surface area (Å²) in [6.45, 7) is 5.12. The van der Waals surface area contributed by atoms with Crippen LogP contribution in [-0.4, -0.2) is 19.1 Å². The van der Waals surface area contributed by atoms with E-state index >= 15 is 0 Å². The van der Waals surface area contributed by atoms with Crippen molar-refractivity contribution in [2.24, 2.45) is 0 Å². The molecule has 3 nitrogen and oxygen atoms in total. The van der Waals surface area contributed by atoms with Crippen LogP contribution in [0.2, 0.25) is 0 Å². The predicted molar refractivity (Wildman–Crippen MR) is 64.3 cm³/mol. The molecule has 1 aromatic heterocycles. The molecule has 0 bridgehead atoms. The van der Waals surface area contributed by atoms with Crippen molar-refractivity contribution in [3.05, 3.63) is 15.6 Å². The maximum Gasteiger partial charge on any atom is 0.122 e. The molecular formula is C11H20N2OS. The highest BCUT2D eigenvalue weighted by Crippen LogP contribution is 2.28. The number of nitrogens with zero attached hydrogens (tertiary/aromatic N) is 1. The summed E-state index contributed by atoms with van der Waals surface area (Å²) in [5.74, 6) is 0. The molecule has 0 saturated heterocycles. The van der Waals surface area contributed by atoms with E-state index in [0.717, 1.165) is 30.1 Å². The van der Waals surface area contributed by atoms with Crippen LogP contribution >= 0.6 is 11.3 Å². The quantitative estimate of drug-likeness (QED) is 0.813. The highest BCUT2D eigenvalue weighted by atomic mass is 32.1. The summed E-state index contributed by atoms with van der Waals surface area (Å²) in [5.41, 5.74) is 1.13. The van der Waals surface area contributed by atoms with Gasteiger partial charge in [-0.1, -0.05) is 13.3 Å². The molecular weight excluding hydrogens is 208 g/mol. The zero-order valence-electron chi connectivity index (χ0n) is 9.96. The van der Waals surface area contributed by atoms with Gasteiger partial charge in [0.15, 0.2) is 0 Å². The first-order valence-electron chi connectivity index (χ1n) is 5.36. The van der Waals surface area contributed by atoms with Gasteiger partial charge in [-0.2, -0.15) is 0 Å². The molecule has 1 atom stereocenters. The van der Waals surface area contributed by atoms with E-state index in [4.69, 9.17) is 4.74 Å². The van der Waals surface area contributed by atoms with Crippen LogP contribution in [0.5, 0.6) is 0 Å². The SMILES string of the molecule is CCCC(OC)c1nc(C)c(CNC)s1. The van der Waals surface area contributed by atoms with E-state index in [-0.39, 0.29) is 6.10 Å². The van der Waals surface area contributed by atoms with Crippen molar-refractivity contribution in [2.45, 2.75) is 39.3 Å². The maximum atomic E-state index is 5.45. The molecule has 0 aliphatic carbocycles. The van der Waals surface area contributed by atoms with Crippen LogP contribution in [0, 0.1) is 6.92 Å². The molecule has 1 N–H and O–H groups in total. The maximum absolute atomic E-state index is 5.45. The molecule has 0 aliphatic rings. The van der Waals surface area contributed by atoms with Gasteiger partial charge < -0.3 is 10.1 Å². The Morgan fingerprint density at radius 1 is 1.53 bits per heavy atom. The zero-order chi connectivity index (χ0) is 11.3. The summed E-state index contributed by atoms with van der Waals surface area (Å²) in [5, 5.41) is 4.27. The summed E-state index contributed by atoms with van der Waals surface area (Å²) in [7, 11) is 3.72. The summed E-state index contributed by atoms with van der Waals surface area (Å²) in [6, 6.07) is 0. The fraction of sp³-hybridized carbons (Fsp3) is 0.727. The van der Waals surface area contributed by atoms with E-state index < -0.39 is 0 Å². The van der Waals surface area contributed by atoms with E-state index in [9.17, 15) is 0 Å². The van der Waals surface area contributed by atoms with Crippen LogP contribution in [0.25, 0.3) is 0 Å². The van der Waals surface area contributed by atoms with Gasteiger partial charge in [0.2, 0.25) is 0 Å². The van der Waals surface area contributed by atoms with E-state index in [0.29, 0.717) is 0 Å². The Kier molecular flexibility index (Phi) is 5.22. The molecule has 1 aromatic rings. The normalized spacial score (nSPS) is 13.1. The monoisotopic (exact) mass is 228 g/mol. The predicted octanol–water partition coefficient (Wildman–Crippen LogP) is 2.66. The standard InChI is InChI=1S/C11H20N2OS/c1-5-6-9(14-4)11-13-8(2)10(15-11)7-12-3/h9,12H,5-7H2,1-4H3. The van der Waals surface area contributed by atoms with Crippen molar-refractivity contribution in [2.75, 3.05) is 14.2 Å². The van der Waals surface area contributed by atoms with Gasteiger partial charge in [0, 0.05) is 18.5 Å². The number of hydrogen-bond acceptors (Lipinski definition) is 4. The third-order valence-corrected chi connectivity index (χ3v) is 3.61. The number of thiazole rings is 1. The lowest BCUT2D eigenvalue weighted by Crippen LogP contribution is -2.04. The third-order valence-electron chi connectivity index (χ3n) is 2.36. The fourth-order valence-corrected chi connectivity index (χ4v) is 2.71. The lowest BCUT2D eigenvalue weighted by molar-refractivity contribution is 0.0947. The van der Waals surface area contributed by atoms with Crippen molar-refractivity contribution in [1.82, 2.24) is 10.3 Å². The Bertz CT molecular complexity index is 299. The van der Waals surface area contributed by atoms with Crippen molar-refractivity contribution in [3.63, 3.8) is 0 Å². The lowest BCUT2D eigenvalue weighted by Gasteiger charge is -2.10. The second kappa shape index (κ2) is 6.20. The van der Waals surface area contributed by atoms with Gasteiger partial charge in [0.05, 0.1) is 5.69 Å². The smallest absolute Gasteiger partial charge is 0.122 e. The highest BCUT2D eigenvalue weighted by Gasteiger charge is 2.15. The molecule has 1 rings (SSSR count). The Morgan fingerprint density at radius 2 is 2.27 bits per heavy atom. The summed E-state index contributed by atoms with van der Waals surface area (Å²) < 4.78 is 5.45. The topological polar surface area (TPSA) is 34.1 Å². The largest absolute Gasteiger partial charge is 0.374 e. The molecule has 86 valence electrons. The van der Waals surface area contributed by atoms with Gasteiger partial charge in [-0.05, 0) is 20.4 Å². The number of aryl methyl sites for hydroxylation is 1. The van der Waals surface area contributed by atoms with Crippen LogP contribution in [0.3, 0.4) is 0 Å². The number of aromatic nitrogens is 1. The number of nitrogens with one attached hydrogen (secondary N) is 1. The van der Waals surface area contributed by atoms with E-state index in [2.05, 4.69) is 24.1 Å². The molecule has 1 heterocycles. The van der Waals surface area contributed by atoms with Gasteiger partial charge in [0.25, 0.3) is 0 Å². The molecule has 0 saturated carbocycles. The van der Waals surface area contributed by atoms with E-state index in [1.54, 1.807) is 18.4 Å². The number of methoxy groups -OCH3 is 1. The number of hydrogen-bond donors (Lipinski definition) is 1. The Morgan fingerprint density at radius 3 is 2.80 bits per heavy atom. The Balaban J connectivity index is 2.79. The minimum absolute atomic E-state index is 0.171. The summed E-state index contributed by atoms with van der Waals surface area (Å²) in [4.78, 5) is 5.88. The second-order valence-corrected chi connectivity index (χ2v) is 4.72.